The number of rotatable bonds is 8. The zero-order valence-electron chi connectivity index (χ0n) is 15.4. The minimum Gasteiger partial charge on any atom is -0.368 e. The van der Waals surface area contributed by atoms with Gasteiger partial charge < -0.3 is 10.2 Å². The van der Waals surface area contributed by atoms with Crippen molar-refractivity contribution in [3.63, 3.8) is 0 Å². The van der Waals surface area contributed by atoms with Crippen LogP contribution in [0.15, 0.2) is 29.2 Å². The van der Waals surface area contributed by atoms with Crippen LogP contribution in [-0.2, 0) is 4.79 Å². The molecule has 0 radical (unpaired) electrons. The quantitative estimate of drug-likeness (QED) is 0.428. The Morgan fingerprint density at radius 1 is 1.04 bits per heavy atom. The summed E-state index contributed by atoms with van der Waals surface area (Å²) in [6, 6.07) is 8.44. The molecule has 0 saturated carbocycles. The molecule has 3 rings (SSSR count). The van der Waals surface area contributed by atoms with Crippen molar-refractivity contribution in [2.24, 2.45) is 0 Å². The summed E-state index contributed by atoms with van der Waals surface area (Å²) in [5.41, 5.74) is 1.36. The summed E-state index contributed by atoms with van der Waals surface area (Å²) in [7, 11) is 0. The molecule has 1 aromatic carbocycles. The van der Waals surface area contributed by atoms with E-state index in [1.54, 1.807) is 0 Å². The van der Waals surface area contributed by atoms with Crippen LogP contribution >= 0.6 is 11.8 Å². The molecule has 1 N–H and O–H groups in total. The first-order valence-corrected chi connectivity index (χ1v) is 10.4. The van der Waals surface area contributed by atoms with Crippen LogP contribution in [0.25, 0.3) is 0 Å². The first-order chi connectivity index (χ1) is 12.7. The fraction of sp³-hybridized carbons (Fsp3) is 0.579. The Balaban J connectivity index is 1.39. The zero-order valence-corrected chi connectivity index (χ0v) is 16.3. The number of nitrogens with one attached hydrogen (secondary N) is 1. The van der Waals surface area contributed by atoms with E-state index in [1.807, 2.05) is 11.8 Å². The topological polar surface area (TPSA) is 55.9 Å². The summed E-state index contributed by atoms with van der Waals surface area (Å²) in [5.74, 6) is 0.987. The number of unbranched alkanes of at least 4 members (excludes halogenated alkanes) is 1. The normalized spacial score (nSPS) is 18.5. The lowest BCUT2D eigenvalue weighted by Crippen LogP contribution is -2.46. The lowest BCUT2D eigenvalue weighted by atomic mass is 10.2. The molecule has 0 unspecified atom stereocenters. The number of piperazine rings is 1. The molecule has 2 aliphatic heterocycles. The van der Waals surface area contributed by atoms with Crippen molar-refractivity contribution in [1.29, 1.82) is 0 Å². The number of anilines is 1. The van der Waals surface area contributed by atoms with E-state index in [9.17, 15) is 9.59 Å². The van der Waals surface area contributed by atoms with Crippen molar-refractivity contribution in [2.75, 3.05) is 56.5 Å². The minimum absolute atomic E-state index is 0.104. The molecule has 2 saturated heterocycles. The predicted molar refractivity (Wildman–Crippen MR) is 106 cm³/mol. The fourth-order valence-corrected chi connectivity index (χ4v) is 4.33. The van der Waals surface area contributed by atoms with Gasteiger partial charge in [0.1, 0.15) is 0 Å². The number of carbonyl (C=O) groups is 2. The Morgan fingerprint density at radius 3 is 2.46 bits per heavy atom. The summed E-state index contributed by atoms with van der Waals surface area (Å²) in [6.45, 7) is 8.14. The standard InChI is InChI=1S/C19H28N4O2S/c1-2-26-17-8-4-3-7-16(17)22-13-11-21(12-14-22)9-5-6-10-23-18(24)15-20-19(23)25/h3-4,7-8H,2,5-6,9-15H2,1H3,(H,20,25). The summed E-state index contributed by atoms with van der Waals surface area (Å²) >= 11 is 1.91. The predicted octanol–water partition coefficient (Wildman–Crippen LogP) is 2.25. The molecular formula is C19H28N4O2S. The first-order valence-electron chi connectivity index (χ1n) is 9.46. The van der Waals surface area contributed by atoms with Crippen molar-refractivity contribution < 1.29 is 9.59 Å². The molecule has 1 aromatic rings. The number of hydrogen-bond acceptors (Lipinski definition) is 5. The molecular weight excluding hydrogens is 348 g/mol. The van der Waals surface area contributed by atoms with Crippen LogP contribution in [0.2, 0.25) is 0 Å². The fourth-order valence-electron chi connectivity index (χ4n) is 3.50. The Labute approximate surface area is 159 Å². The molecule has 0 aromatic heterocycles. The van der Waals surface area contributed by atoms with Gasteiger partial charge in [0.2, 0.25) is 5.91 Å². The number of para-hydroxylation sites is 1. The van der Waals surface area contributed by atoms with Gasteiger partial charge in [-0.05, 0) is 37.3 Å². The minimum atomic E-state index is -0.243. The lowest BCUT2D eigenvalue weighted by Gasteiger charge is -2.37. The second-order valence-corrected chi connectivity index (χ2v) is 7.95. The third-order valence-corrected chi connectivity index (χ3v) is 5.87. The second kappa shape index (κ2) is 9.28. The largest absolute Gasteiger partial charge is 0.368 e. The van der Waals surface area contributed by atoms with Gasteiger partial charge in [0.25, 0.3) is 0 Å². The number of imide groups is 1. The van der Waals surface area contributed by atoms with Crippen LogP contribution in [0.4, 0.5) is 10.5 Å². The molecule has 3 amide bonds. The summed E-state index contributed by atoms with van der Waals surface area (Å²) in [5, 5.41) is 2.56. The highest BCUT2D eigenvalue weighted by Gasteiger charge is 2.27. The van der Waals surface area contributed by atoms with Crippen LogP contribution in [0.3, 0.4) is 0 Å². The first kappa shape index (κ1) is 19.0. The number of urea groups is 1. The average Bonchev–Trinajstić information content (AvgIpc) is 2.98. The van der Waals surface area contributed by atoms with E-state index >= 15 is 0 Å². The van der Waals surface area contributed by atoms with Crippen molar-refractivity contribution in [3.05, 3.63) is 24.3 Å². The second-order valence-electron chi connectivity index (χ2n) is 6.64. The molecule has 2 aliphatic rings. The number of amides is 3. The number of carbonyl (C=O) groups excluding carboxylic acids is 2. The molecule has 2 heterocycles. The van der Waals surface area contributed by atoms with Crippen molar-refractivity contribution in [2.45, 2.75) is 24.7 Å². The highest BCUT2D eigenvalue weighted by molar-refractivity contribution is 7.99. The van der Waals surface area contributed by atoms with Gasteiger partial charge in [-0.15, -0.1) is 11.8 Å². The Hall–Kier alpha value is -1.73. The molecule has 0 bridgehead atoms. The van der Waals surface area contributed by atoms with Gasteiger partial charge in [-0.25, -0.2) is 4.79 Å². The van der Waals surface area contributed by atoms with E-state index < -0.39 is 0 Å². The van der Waals surface area contributed by atoms with Gasteiger partial charge in [0.15, 0.2) is 0 Å². The van der Waals surface area contributed by atoms with Gasteiger partial charge >= 0.3 is 6.03 Å². The van der Waals surface area contributed by atoms with E-state index in [0.29, 0.717) is 6.54 Å². The summed E-state index contributed by atoms with van der Waals surface area (Å²) in [6.07, 6.45) is 1.88. The van der Waals surface area contributed by atoms with E-state index in [4.69, 9.17) is 0 Å². The van der Waals surface area contributed by atoms with Gasteiger partial charge in [-0.1, -0.05) is 19.1 Å². The van der Waals surface area contributed by atoms with Gasteiger partial charge in [-0.2, -0.15) is 0 Å². The molecule has 6 nitrogen and oxygen atoms in total. The van der Waals surface area contributed by atoms with Gasteiger partial charge in [-0.3, -0.25) is 14.6 Å². The van der Waals surface area contributed by atoms with Crippen LogP contribution in [-0.4, -0.2) is 73.3 Å². The number of nitrogens with zero attached hydrogens (tertiary/aromatic N) is 3. The number of thioether (sulfide) groups is 1. The highest BCUT2D eigenvalue weighted by atomic mass is 32.2. The molecule has 0 spiro atoms. The van der Waals surface area contributed by atoms with Crippen LogP contribution in [0.1, 0.15) is 19.8 Å². The van der Waals surface area contributed by atoms with Gasteiger partial charge in [0.05, 0.1) is 12.2 Å². The van der Waals surface area contributed by atoms with E-state index in [0.717, 1.165) is 51.3 Å². The maximum Gasteiger partial charge on any atom is 0.324 e. The van der Waals surface area contributed by atoms with Crippen LogP contribution < -0.4 is 10.2 Å². The third-order valence-electron chi connectivity index (χ3n) is 4.92. The van der Waals surface area contributed by atoms with Gasteiger partial charge in [0, 0.05) is 37.6 Å². The summed E-state index contributed by atoms with van der Waals surface area (Å²) in [4.78, 5) is 30.7. The number of benzene rings is 1. The van der Waals surface area contributed by atoms with Crippen LogP contribution in [0.5, 0.6) is 0 Å². The van der Waals surface area contributed by atoms with Crippen molar-refractivity contribution in [3.8, 4) is 0 Å². The molecule has 7 heteroatoms. The number of hydrogen-bond donors (Lipinski definition) is 1. The highest BCUT2D eigenvalue weighted by Crippen LogP contribution is 2.30. The maximum absolute atomic E-state index is 11.6. The average molecular weight is 377 g/mol. The maximum atomic E-state index is 11.6. The van der Waals surface area contributed by atoms with Crippen molar-refractivity contribution in [1.82, 2.24) is 15.1 Å². The Kier molecular flexibility index (Phi) is 6.80. The Bertz CT molecular complexity index is 616. The molecule has 0 aliphatic carbocycles. The SMILES string of the molecule is CCSc1ccccc1N1CCN(CCCCN2C(=O)CNC2=O)CC1. The third kappa shape index (κ3) is 4.71. The molecule has 142 valence electrons. The monoisotopic (exact) mass is 376 g/mol. The van der Waals surface area contributed by atoms with E-state index in [1.165, 1.54) is 15.5 Å². The zero-order chi connectivity index (χ0) is 18.4. The smallest absolute Gasteiger partial charge is 0.324 e. The molecule has 26 heavy (non-hydrogen) atoms. The van der Waals surface area contributed by atoms with Crippen LogP contribution in [0, 0.1) is 0 Å². The van der Waals surface area contributed by atoms with E-state index in [2.05, 4.69) is 46.3 Å². The summed E-state index contributed by atoms with van der Waals surface area (Å²) < 4.78 is 0. The molecule has 2 fully saturated rings. The van der Waals surface area contributed by atoms with E-state index in [-0.39, 0.29) is 18.5 Å². The lowest BCUT2D eigenvalue weighted by molar-refractivity contribution is -0.125. The van der Waals surface area contributed by atoms with Crippen molar-refractivity contribution >= 4 is 29.4 Å². The Morgan fingerprint density at radius 2 is 1.77 bits per heavy atom. The molecule has 0 atom stereocenters.